The van der Waals surface area contributed by atoms with E-state index in [9.17, 15) is 4.79 Å². The summed E-state index contributed by atoms with van der Waals surface area (Å²) in [5.74, 6) is 5.38. The summed E-state index contributed by atoms with van der Waals surface area (Å²) < 4.78 is 5.15. The molecule has 5 heteroatoms. The van der Waals surface area contributed by atoms with E-state index in [4.69, 9.17) is 10.6 Å². The lowest BCUT2D eigenvalue weighted by Gasteiger charge is -2.17. The van der Waals surface area contributed by atoms with Gasteiger partial charge < -0.3 is 10.1 Å². The van der Waals surface area contributed by atoms with Crippen LogP contribution >= 0.6 is 0 Å². The second-order valence-electron chi connectivity index (χ2n) is 3.89. The van der Waals surface area contributed by atoms with E-state index in [1.165, 1.54) is 7.05 Å². The highest BCUT2D eigenvalue weighted by Gasteiger charge is 2.13. The number of amides is 2. The first-order valence-corrected chi connectivity index (χ1v) is 5.41. The second-order valence-corrected chi connectivity index (χ2v) is 3.89. The van der Waals surface area contributed by atoms with E-state index < -0.39 is 0 Å². The number of nitrogens with two attached hydrogens (primary N) is 1. The molecule has 0 unspecified atom stereocenters. The molecule has 0 saturated heterocycles. The summed E-state index contributed by atoms with van der Waals surface area (Å²) in [4.78, 5) is 11.5. The Balaban J connectivity index is 2.91. The first kappa shape index (κ1) is 13.5. The molecule has 17 heavy (non-hydrogen) atoms. The minimum Gasteiger partial charge on any atom is -0.380 e. The predicted molar refractivity (Wildman–Crippen MR) is 66.9 cm³/mol. The summed E-state index contributed by atoms with van der Waals surface area (Å²) in [6.45, 7) is 2.44. The lowest BCUT2D eigenvalue weighted by atomic mass is 10.1. The molecule has 0 heterocycles. The first-order valence-electron chi connectivity index (χ1n) is 5.41. The van der Waals surface area contributed by atoms with E-state index in [0.717, 1.165) is 28.3 Å². The van der Waals surface area contributed by atoms with Crippen molar-refractivity contribution in [2.75, 3.05) is 20.8 Å². The standard InChI is InChI=1S/C12H19N3O2/c1-9-6-4-5-7-11(10(9)8-17-3)14-12(16)15(2)13/h4,6-7H,5,8,13H2,1-3H3,(H,14,16). The highest BCUT2D eigenvalue weighted by Crippen LogP contribution is 2.18. The van der Waals surface area contributed by atoms with Gasteiger partial charge in [0.05, 0.1) is 6.61 Å². The summed E-state index contributed by atoms with van der Waals surface area (Å²) in [5.41, 5.74) is 2.81. The third kappa shape index (κ3) is 3.72. The molecule has 0 aromatic rings. The molecule has 0 radical (unpaired) electrons. The van der Waals surface area contributed by atoms with Gasteiger partial charge in [-0.1, -0.05) is 18.2 Å². The van der Waals surface area contributed by atoms with Gasteiger partial charge in [0.1, 0.15) is 0 Å². The maximum absolute atomic E-state index is 11.5. The number of nitrogens with zero attached hydrogens (tertiary/aromatic N) is 1. The Morgan fingerprint density at radius 3 is 2.94 bits per heavy atom. The monoisotopic (exact) mass is 237 g/mol. The molecular weight excluding hydrogens is 218 g/mol. The van der Waals surface area contributed by atoms with Crippen LogP contribution in [0.3, 0.4) is 0 Å². The maximum Gasteiger partial charge on any atom is 0.335 e. The molecule has 3 N–H and O–H groups in total. The molecule has 1 rings (SSSR count). The highest BCUT2D eigenvalue weighted by molar-refractivity contribution is 5.76. The molecule has 0 aromatic carbocycles. The SMILES string of the molecule is COCC1=C(C)C=CCC=C1NC(=O)N(C)N. The van der Waals surface area contributed by atoms with Crippen LogP contribution in [0.2, 0.25) is 0 Å². The van der Waals surface area contributed by atoms with Crippen LogP contribution in [0.4, 0.5) is 4.79 Å². The summed E-state index contributed by atoms with van der Waals surface area (Å²) in [5, 5.41) is 3.78. The Bertz CT molecular complexity index is 381. The predicted octanol–water partition coefficient (Wildman–Crippen LogP) is 1.31. The summed E-state index contributed by atoms with van der Waals surface area (Å²) in [6.07, 6.45) is 6.78. The molecule has 0 atom stereocenters. The fourth-order valence-electron chi connectivity index (χ4n) is 1.53. The number of urea groups is 1. The largest absolute Gasteiger partial charge is 0.380 e. The zero-order valence-electron chi connectivity index (χ0n) is 10.5. The van der Waals surface area contributed by atoms with Crippen molar-refractivity contribution in [3.8, 4) is 0 Å². The smallest absolute Gasteiger partial charge is 0.335 e. The fraction of sp³-hybridized carbons (Fsp3) is 0.417. The molecule has 0 aromatic heterocycles. The van der Waals surface area contributed by atoms with Crippen molar-refractivity contribution >= 4 is 6.03 Å². The molecule has 0 fully saturated rings. The van der Waals surface area contributed by atoms with E-state index in [1.54, 1.807) is 7.11 Å². The molecule has 0 bridgehead atoms. The van der Waals surface area contributed by atoms with Gasteiger partial charge >= 0.3 is 6.03 Å². The normalized spacial score (nSPS) is 15.4. The van der Waals surface area contributed by atoms with E-state index in [-0.39, 0.29) is 6.03 Å². The van der Waals surface area contributed by atoms with E-state index in [2.05, 4.69) is 5.32 Å². The van der Waals surface area contributed by atoms with Crippen molar-refractivity contribution in [1.82, 2.24) is 10.3 Å². The molecular formula is C12H19N3O2. The van der Waals surface area contributed by atoms with Crippen LogP contribution in [0.5, 0.6) is 0 Å². The zero-order chi connectivity index (χ0) is 12.8. The van der Waals surface area contributed by atoms with Crippen LogP contribution in [0.25, 0.3) is 0 Å². The van der Waals surface area contributed by atoms with Crippen LogP contribution < -0.4 is 11.2 Å². The fourth-order valence-corrected chi connectivity index (χ4v) is 1.53. The summed E-state index contributed by atoms with van der Waals surface area (Å²) in [6, 6.07) is -0.348. The van der Waals surface area contributed by atoms with Crippen molar-refractivity contribution in [1.29, 1.82) is 0 Å². The Kier molecular flexibility index (Phi) is 4.93. The van der Waals surface area contributed by atoms with Gasteiger partial charge in [-0.15, -0.1) is 0 Å². The minimum atomic E-state index is -0.348. The van der Waals surface area contributed by atoms with Gasteiger partial charge in [-0.3, -0.25) is 5.01 Å². The summed E-state index contributed by atoms with van der Waals surface area (Å²) >= 11 is 0. The highest BCUT2D eigenvalue weighted by atomic mass is 16.5. The quantitative estimate of drug-likeness (QED) is 0.442. The number of hydrogen-bond donors (Lipinski definition) is 2. The Labute approximate surface area is 102 Å². The molecule has 0 aliphatic heterocycles. The van der Waals surface area contributed by atoms with Gasteiger partial charge in [-0.05, 0) is 18.9 Å². The number of hydrogen-bond acceptors (Lipinski definition) is 3. The molecule has 2 amide bonds. The number of carbonyl (C=O) groups is 1. The maximum atomic E-state index is 11.5. The van der Waals surface area contributed by atoms with Crippen LogP contribution in [-0.4, -0.2) is 31.8 Å². The Morgan fingerprint density at radius 2 is 2.35 bits per heavy atom. The first-order chi connectivity index (χ1) is 8.06. The average molecular weight is 237 g/mol. The van der Waals surface area contributed by atoms with Gasteiger partial charge in [-0.25, -0.2) is 10.6 Å². The molecule has 1 aliphatic rings. The number of allylic oxidation sites excluding steroid dienone is 4. The van der Waals surface area contributed by atoms with Crippen molar-refractivity contribution in [3.63, 3.8) is 0 Å². The van der Waals surface area contributed by atoms with Crippen molar-refractivity contribution < 1.29 is 9.53 Å². The van der Waals surface area contributed by atoms with Crippen molar-refractivity contribution in [2.45, 2.75) is 13.3 Å². The average Bonchev–Trinajstić information content (AvgIpc) is 2.44. The van der Waals surface area contributed by atoms with E-state index >= 15 is 0 Å². The second kappa shape index (κ2) is 6.22. The number of ether oxygens (including phenoxy) is 1. The third-order valence-electron chi connectivity index (χ3n) is 2.48. The number of nitrogens with one attached hydrogen (secondary N) is 1. The van der Waals surface area contributed by atoms with E-state index in [0.29, 0.717) is 6.61 Å². The molecule has 0 spiro atoms. The van der Waals surface area contributed by atoms with E-state index in [1.807, 2.05) is 25.2 Å². The Hall–Kier alpha value is -1.59. The van der Waals surface area contributed by atoms with Crippen LogP contribution in [0.1, 0.15) is 13.3 Å². The van der Waals surface area contributed by atoms with Crippen molar-refractivity contribution in [2.24, 2.45) is 5.84 Å². The van der Waals surface area contributed by atoms with Gasteiger partial charge in [0.25, 0.3) is 0 Å². The minimum absolute atomic E-state index is 0.348. The van der Waals surface area contributed by atoms with Gasteiger partial charge in [0, 0.05) is 25.4 Å². The van der Waals surface area contributed by atoms with Gasteiger partial charge in [0.15, 0.2) is 0 Å². The molecule has 1 aliphatic carbocycles. The topological polar surface area (TPSA) is 67.6 Å². The van der Waals surface area contributed by atoms with Crippen molar-refractivity contribution in [3.05, 3.63) is 35.1 Å². The summed E-state index contributed by atoms with van der Waals surface area (Å²) in [7, 11) is 3.13. The van der Waals surface area contributed by atoms with Crippen LogP contribution in [-0.2, 0) is 4.74 Å². The number of rotatable bonds is 3. The number of methoxy groups -OCH3 is 1. The molecule has 0 saturated carbocycles. The third-order valence-corrected chi connectivity index (χ3v) is 2.48. The molecule has 5 nitrogen and oxygen atoms in total. The zero-order valence-corrected chi connectivity index (χ0v) is 10.5. The molecule has 94 valence electrons. The number of carbonyl (C=O) groups excluding carboxylic acids is 1. The lowest BCUT2D eigenvalue weighted by Crippen LogP contribution is -2.41. The van der Waals surface area contributed by atoms with Crippen LogP contribution in [0, 0.1) is 0 Å². The number of hydrazine groups is 1. The van der Waals surface area contributed by atoms with Gasteiger partial charge in [-0.2, -0.15) is 0 Å². The van der Waals surface area contributed by atoms with Crippen LogP contribution in [0.15, 0.2) is 35.1 Å². The van der Waals surface area contributed by atoms with Gasteiger partial charge in [0.2, 0.25) is 0 Å². The lowest BCUT2D eigenvalue weighted by molar-refractivity contribution is 0.210. The Morgan fingerprint density at radius 1 is 1.65 bits per heavy atom.